The fourth-order valence-electron chi connectivity index (χ4n) is 3.69. The molecule has 2 aromatic rings. The maximum atomic E-state index is 13.1. The number of carboxylic acid groups (broad SMARTS) is 1. The van der Waals surface area contributed by atoms with E-state index in [1.807, 2.05) is 30.3 Å². The Hall–Kier alpha value is -3.02. The summed E-state index contributed by atoms with van der Waals surface area (Å²) in [6, 6.07) is 14.4. The molecule has 0 radical (unpaired) electrons. The Labute approximate surface area is 158 Å². The molecule has 142 valence electrons. The highest BCUT2D eigenvalue weighted by Crippen LogP contribution is 2.37. The normalized spacial score (nSPS) is 15.9. The van der Waals surface area contributed by atoms with Crippen LogP contribution in [0.3, 0.4) is 0 Å². The first-order valence-corrected chi connectivity index (χ1v) is 8.82. The molecule has 0 saturated carbocycles. The first-order chi connectivity index (χ1) is 13.0. The molecule has 27 heavy (non-hydrogen) atoms. The van der Waals surface area contributed by atoms with Gasteiger partial charge in [0, 0.05) is 13.1 Å². The maximum Gasteiger partial charge on any atom is 0.314 e. The number of likely N-dealkylation sites (tertiary alicyclic amines) is 1. The number of hydrogen-bond donors (Lipinski definition) is 1. The average molecular weight is 369 g/mol. The number of aliphatic carboxylic acids is 1. The summed E-state index contributed by atoms with van der Waals surface area (Å²) in [4.78, 5) is 26.8. The van der Waals surface area contributed by atoms with Gasteiger partial charge >= 0.3 is 5.97 Å². The number of carbonyl (C=O) groups excluding carboxylic acids is 1. The van der Waals surface area contributed by atoms with E-state index >= 15 is 0 Å². The van der Waals surface area contributed by atoms with Crippen LogP contribution in [-0.2, 0) is 10.2 Å². The molecule has 1 N–H and O–H groups in total. The summed E-state index contributed by atoms with van der Waals surface area (Å²) in [6.45, 7) is 0.697. The van der Waals surface area contributed by atoms with Crippen molar-refractivity contribution in [3.05, 3.63) is 59.7 Å². The highest BCUT2D eigenvalue weighted by molar-refractivity contribution is 6.00. The van der Waals surface area contributed by atoms with Crippen LogP contribution in [0.1, 0.15) is 28.8 Å². The van der Waals surface area contributed by atoms with Crippen molar-refractivity contribution < 1.29 is 24.2 Å². The number of benzene rings is 2. The largest absolute Gasteiger partial charge is 0.496 e. The number of nitrogens with zero attached hydrogens (tertiary/aromatic N) is 1. The maximum absolute atomic E-state index is 13.1. The summed E-state index contributed by atoms with van der Waals surface area (Å²) in [5, 5.41) is 9.90. The monoisotopic (exact) mass is 369 g/mol. The molecule has 1 heterocycles. The molecule has 0 aromatic heterocycles. The predicted molar refractivity (Wildman–Crippen MR) is 100 cm³/mol. The third-order valence-corrected chi connectivity index (χ3v) is 5.28. The third-order valence-electron chi connectivity index (χ3n) is 5.28. The number of amides is 1. The van der Waals surface area contributed by atoms with Crippen molar-refractivity contribution in [1.82, 2.24) is 4.90 Å². The summed E-state index contributed by atoms with van der Waals surface area (Å²) in [6.07, 6.45) is 0.713. The molecule has 0 unspecified atom stereocenters. The van der Waals surface area contributed by atoms with Gasteiger partial charge in [-0.2, -0.15) is 0 Å². The molecule has 3 rings (SSSR count). The van der Waals surface area contributed by atoms with Gasteiger partial charge in [0.25, 0.3) is 5.91 Å². The van der Waals surface area contributed by atoms with E-state index in [4.69, 9.17) is 9.47 Å². The first kappa shape index (κ1) is 18.8. The van der Waals surface area contributed by atoms with Crippen molar-refractivity contribution in [2.75, 3.05) is 27.3 Å². The van der Waals surface area contributed by atoms with E-state index in [1.165, 1.54) is 14.2 Å². The molecule has 1 fully saturated rings. The molecular formula is C21H23NO5. The number of piperidine rings is 1. The summed E-state index contributed by atoms with van der Waals surface area (Å²) >= 11 is 0. The minimum absolute atomic E-state index is 0.212. The van der Waals surface area contributed by atoms with Gasteiger partial charge in [0.1, 0.15) is 17.1 Å². The second kappa shape index (κ2) is 7.70. The summed E-state index contributed by atoms with van der Waals surface area (Å²) in [5.74, 6) is -0.179. The molecule has 0 atom stereocenters. The molecule has 0 bridgehead atoms. The summed E-state index contributed by atoms with van der Waals surface area (Å²) < 4.78 is 10.7. The molecule has 0 spiro atoms. The first-order valence-electron chi connectivity index (χ1n) is 8.82. The number of ether oxygens (including phenoxy) is 2. The van der Waals surface area contributed by atoms with Gasteiger partial charge in [-0.1, -0.05) is 36.4 Å². The molecule has 1 amide bonds. The second-order valence-corrected chi connectivity index (χ2v) is 6.58. The fraction of sp³-hybridized carbons (Fsp3) is 0.333. The molecular weight excluding hydrogens is 346 g/mol. The number of methoxy groups -OCH3 is 2. The van der Waals surface area contributed by atoms with Gasteiger partial charge in [-0.15, -0.1) is 0 Å². The lowest BCUT2D eigenvalue weighted by molar-refractivity contribution is -0.145. The Bertz CT molecular complexity index is 803. The quantitative estimate of drug-likeness (QED) is 0.877. The zero-order valence-electron chi connectivity index (χ0n) is 15.5. The van der Waals surface area contributed by atoms with Crippen LogP contribution in [-0.4, -0.2) is 49.2 Å². The Morgan fingerprint density at radius 3 is 1.96 bits per heavy atom. The highest BCUT2D eigenvalue weighted by Gasteiger charge is 2.44. The molecule has 6 nitrogen and oxygen atoms in total. The Balaban J connectivity index is 1.85. The SMILES string of the molecule is COc1cccc(OC)c1C(=O)N1CCC(C(=O)O)(c2ccccc2)CC1. The van der Waals surface area contributed by atoms with E-state index in [0.29, 0.717) is 43.0 Å². The number of hydrogen-bond acceptors (Lipinski definition) is 4. The minimum atomic E-state index is -0.969. The van der Waals surface area contributed by atoms with Crippen LogP contribution < -0.4 is 9.47 Å². The number of carboxylic acids is 1. The summed E-state index contributed by atoms with van der Waals surface area (Å²) in [5.41, 5.74) is 0.174. The van der Waals surface area contributed by atoms with E-state index in [-0.39, 0.29) is 5.91 Å². The molecule has 6 heteroatoms. The third kappa shape index (κ3) is 3.35. The van der Waals surface area contributed by atoms with E-state index in [2.05, 4.69) is 0 Å². The minimum Gasteiger partial charge on any atom is -0.496 e. The van der Waals surface area contributed by atoms with Crippen LogP contribution in [0.15, 0.2) is 48.5 Å². The van der Waals surface area contributed by atoms with Gasteiger partial charge in [-0.05, 0) is 30.5 Å². The lowest BCUT2D eigenvalue weighted by Gasteiger charge is -2.39. The Morgan fingerprint density at radius 1 is 0.926 bits per heavy atom. The topological polar surface area (TPSA) is 76.1 Å². The van der Waals surface area contributed by atoms with E-state index in [9.17, 15) is 14.7 Å². The molecule has 1 aliphatic heterocycles. The van der Waals surface area contributed by atoms with Gasteiger partial charge < -0.3 is 19.5 Å². The number of rotatable bonds is 5. The summed E-state index contributed by atoms with van der Waals surface area (Å²) in [7, 11) is 3.01. The van der Waals surface area contributed by atoms with Gasteiger partial charge in [-0.3, -0.25) is 9.59 Å². The van der Waals surface area contributed by atoms with Crippen molar-refractivity contribution in [2.45, 2.75) is 18.3 Å². The smallest absolute Gasteiger partial charge is 0.314 e. The van der Waals surface area contributed by atoms with Crippen molar-refractivity contribution in [3.63, 3.8) is 0 Å². The number of carbonyl (C=O) groups is 2. The zero-order chi connectivity index (χ0) is 19.4. The van der Waals surface area contributed by atoms with Gasteiger partial charge in [-0.25, -0.2) is 0 Å². The van der Waals surface area contributed by atoms with Gasteiger partial charge in [0.05, 0.1) is 19.6 Å². The van der Waals surface area contributed by atoms with Crippen LogP contribution in [0.5, 0.6) is 11.5 Å². The van der Waals surface area contributed by atoms with E-state index in [1.54, 1.807) is 23.1 Å². The van der Waals surface area contributed by atoms with Crippen molar-refractivity contribution in [3.8, 4) is 11.5 Å². The van der Waals surface area contributed by atoms with Crippen LogP contribution in [0.25, 0.3) is 0 Å². The highest BCUT2D eigenvalue weighted by atomic mass is 16.5. The van der Waals surface area contributed by atoms with Gasteiger partial charge in [0.2, 0.25) is 0 Å². The van der Waals surface area contributed by atoms with Crippen LogP contribution in [0, 0.1) is 0 Å². The van der Waals surface area contributed by atoms with E-state index < -0.39 is 11.4 Å². The van der Waals surface area contributed by atoms with Crippen LogP contribution >= 0.6 is 0 Å². The Kier molecular flexibility index (Phi) is 5.35. The van der Waals surface area contributed by atoms with Crippen molar-refractivity contribution in [2.24, 2.45) is 0 Å². The van der Waals surface area contributed by atoms with Crippen molar-refractivity contribution in [1.29, 1.82) is 0 Å². The lowest BCUT2D eigenvalue weighted by atomic mass is 9.72. The predicted octanol–water partition coefficient (Wildman–Crippen LogP) is 2.96. The van der Waals surface area contributed by atoms with Gasteiger partial charge in [0.15, 0.2) is 0 Å². The molecule has 2 aromatic carbocycles. The van der Waals surface area contributed by atoms with Crippen LogP contribution in [0.2, 0.25) is 0 Å². The molecule has 1 aliphatic rings. The lowest BCUT2D eigenvalue weighted by Crippen LogP contribution is -2.49. The molecule has 0 aliphatic carbocycles. The second-order valence-electron chi connectivity index (χ2n) is 6.58. The van der Waals surface area contributed by atoms with Crippen LogP contribution in [0.4, 0.5) is 0 Å². The standard InChI is InChI=1S/C21H23NO5/c1-26-16-9-6-10-17(27-2)18(16)19(23)22-13-11-21(12-14-22,20(24)25)15-7-4-3-5-8-15/h3-10H,11-14H2,1-2H3,(H,24,25). The molecule has 1 saturated heterocycles. The average Bonchev–Trinajstić information content (AvgIpc) is 2.73. The van der Waals surface area contributed by atoms with Crippen molar-refractivity contribution >= 4 is 11.9 Å². The Morgan fingerprint density at radius 2 is 1.48 bits per heavy atom. The zero-order valence-corrected chi connectivity index (χ0v) is 15.5. The fourth-order valence-corrected chi connectivity index (χ4v) is 3.69. The van der Waals surface area contributed by atoms with E-state index in [0.717, 1.165) is 5.56 Å².